The highest BCUT2D eigenvalue weighted by atomic mass is 16.6. The van der Waals surface area contributed by atoms with E-state index in [1.165, 1.54) is 18.2 Å². The van der Waals surface area contributed by atoms with Gasteiger partial charge in [-0.1, -0.05) is 0 Å². The SMILES string of the molecule is CCOC(C)(C)CNC(=O)c1ccc([N+](=O)[O-])c(NN)c1. The summed E-state index contributed by atoms with van der Waals surface area (Å²) >= 11 is 0. The summed E-state index contributed by atoms with van der Waals surface area (Å²) in [6.07, 6.45) is 0. The predicted molar refractivity (Wildman–Crippen MR) is 78.9 cm³/mol. The Morgan fingerprint density at radius 3 is 2.67 bits per heavy atom. The second kappa shape index (κ2) is 7.00. The van der Waals surface area contributed by atoms with Gasteiger partial charge in [0.25, 0.3) is 11.6 Å². The maximum atomic E-state index is 12.0. The van der Waals surface area contributed by atoms with Gasteiger partial charge in [0.1, 0.15) is 5.69 Å². The average Bonchev–Trinajstić information content (AvgIpc) is 2.43. The predicted octanol–water partition coefficient (Wildman–Crippen LogP) is 1.43. The van der Waals surface area contributed by atoms with Crippen LogP contribution in [0.2, 0.25) is 0 Å². The van der Waals surface area contributed by atoms with Gasteiger partial charge in [-0.3, -0.25) is 20.8 Å². The topological polar surface area (TPSA) is 120 Å². The molecule has 0 radical (unpaired) electrons. The fourth-order valence-electron chi connectivity index (χ4n) is 1.79. The standard InChI is InChI=1S/C13H20N4O4/c1-4-21-13(2,3)8-15-12(18)9-5-6-11(17(19)20)10(7-9)16-14/h5-7,16H,4,8,14H2,1-3H3,(H,15,18). The van der Waals surface area contributed by atoms with Gasteiger partial charge in [0, 0.05) is 24.8 Å². The fourth-order valence-corrected chi connectivity index (χ4v) is 1.79. The molecule has 4 N–H and O–H groups in total. The molecule has 0 aromatic heterocycles. The van der Waals surface area contributed by atoms with Crippen LogP contribution in [0, 0.1) is 10.1 Å². The highest BCUT2D eigenvalue weighted by Crippen LogP contribution is 2.24. The Labute approximate surface area is 122 Å². The van der Waals surface area contributed by atoms with Crippen molar-refractivity contribution in [1.29, 1.82) is 0 Å². The minimum atomic E-state index is -0.574. The normalized spacial score (nSPS) is 11.0. The number of ether oxygens (including phenoxy) is 1. The van der Waals surface area contributed by atoms with E-state index in [2.05, 4.69) is 10.7 Å². The fraction of sp³-hybridized carbons (Fsp3) is 0.462. The zero-order chi connectivity index (χ0) is 16.0. The zero-order valence-electron chi connectivity index (χ0n) is 12.3. The third-order valence-electron chi connectivity index (χ3n) is 2.82. The minimum absolute atomic E-state index is 0.0803. The quantitative estimate of drug-likeness (QED) is 0.398. The lowest BCUT2D eigenvalue weighted by atomic mass is 10.1. The molecule has 1 aromatic carbocycles. The molecule has 0 aliphatic carbocycles. The molecule has 0 saturated heterocycles. The Kier molecular flexibility index (Phi) is 5.62. The van der Waals surface area contributed by atoms with Crippen molar-refractivity contribution in [1.82, 2.24) is 5.32 Å². The van der Waals surface area contributed by atoms with Crippen molar-refractivity contribution >= 4 is 17.3 Å². The van der Waals surface area contributed by atoms with E-state index in [1.54, 1.807) is 0 Å². The third kappa shape index (κ3) is 4.69. The third-order valence-corrected chi connectivity index (χ3v) is 2.82. The molecule has 0 atom stereocenters. The molecule has 0 aliphatic heterocycles. The molecule has 8 nitrogen and oxygen atoms in total. The average molecular weight is 296 g/mol. The first-order valence-electron chi connectivity index (χ1n) is 6.48. The second-order valence-electron chi connectivity index (χ2n) is 5.01. The number of rotatable bonds is 7. The molecule has 0 unspecified atom stereocenters. The number of carbonyl (C=O) groups excluding carboxylic acids is 1. The second-order valence-corrected chi connectivity index (χ2v) is 5.01. The number of nitro benzene ring substituents is 1. The van der Waals surface area contributed by atoms with Crippen LogP contribution >= 0.6 is 0 Å². The zero-order valence-corrected chi connectivity index (χ0v) is 12.3. The van der Waals surface area contributed by atoms with Gasteiger partial charge in [0.05, 0.1) is 10.5 Å². The Hall–Kier alpha value is -2.19. The maximum absolute atomic E-state index is 12.0. The number of hydrogen-bond acceptors (Lipinski definition) is 6. The first-order chi connectivity index (χ1) is 9.80. The van der Waals surface area contributed by atoms with Crippen molar-refractivity contribution in [3.8, 4) is 0 Å². The minimum Gasteiger partial charge on any atom is -0.374 e. The summed E-state index contributed by atoms with van der Waals surface area (Å²) in [5.74, 6) is 4.88. The molecule has 0 heterocycles. The number of nitrogens with zero attached hydrogens (tertiary/aromatic N) is 1. The van der Waals surface area contributed by atoms with E-state index in [4.69, 9.17) is 10.6 Å². The van der Waals surface area contributed by atoms with Gasteiger partial charge < -0.3 is 15.5 Å². The summed E-state index contributed by atoms with van der Waals surface area (Å²) in [6.45, 7) is 6.46. The van der Waals surface area contributed by atoms with Crippen LogP contribution in [-0.4, -0.2) is 29.6 Å². The molecular weight excluding hydrogens is 276 g/mol. The lowest BCUT2D eigenvalue weighted by molar-refractivity contribution is -0.384. The van der Waals surface area contributed by atoms with Crippen molar-refractivity contribution in [2.45, 2.75) is 26.4 Å². The molecule has 8 heteroatoms. The summed E-state index contributed by atoms with van der Waals surface area (Å²) in [6, 6.07) is 3.95. The van der Waals surface area contributed by atoms with E-state index in [0.29, 0.717) is 13.2 Å². The summed E-state index contributed by atoms with van der Waals surface area (Å²) < 4.78 is 5.47. The largest absolute Gasteiger partial charge is 0.374 e. The van der Waals surface area contributed by atoms with Crippen LogP contribution in [0.3, 0.4) is 0 Å². The lowest BCUT2D eigenvalue weighted by Crippen LogP contribution is -2.40. The van der Waals surface area contributed by atoms with E-state index in [0.717, 1.165) is 0 Å². The molecule has 0 spiro atoms. The van der Waals surface area contributed by atoms with E-state index in [-0.39, 0.29) is 22.8 Å². The lowest BCUT2D eigenvalue weighted by Gasteiger charge is -2.24. The van der Waals surface area contributed by atoms with Crippen molar-refractivity contribution < 1.29 is 14.5 Å². The molecule has 0 fully saturated rings. The van der Waals surface area contributed by atoms with Gasteiger partial charge in [-0.2, -0.15) is 0 Å². The van der Waals surface area contributed by atoms with Crippen molar-refractivity contribution in [2.75, 3.05) is 18.6 Å². The number of nitrogens with two attached hydrogens (primary N) is 1. The van der Waals surface area contributed by atoms with Gasteiger partial charge in [-0.25, -0.2) is 0 Å². The van der Waals surface area contributed by atoms with Crippen LogP contribution in [0.15, 0.2) is 18.2 Å². The Morgan fingerprint density at radius 2 is 2.14 bits per heavy atom. The number of nitrogens with one attached hydrogen (secondary N) is 2. The molecule has 21 heavy (non-hydrogen) atoms. The Balaban J connectivity index is 2.82. The first kappa shape index (κ1) is 16.9. The number of nitro groups is 1. The maximum Gasteiger partial charge on any atom is 0.293 e. The van der Waals surface area contributed by atoms with Crippen molar-refractivity contribution in [3.05, 3.63) is 33.9 Å². The van der Waals surface area contributed by atoms with Gasteiger partial charge in [0.15, 0.2) is 0 Å². The first-order valence-corrected chi connectivity index (χ1v) is 6.48. The van der Waals surface area contributed by atoms with Crippen molar-refractivity contribution in [3.63, 3.8) is 0 Å². The van der Waals surface area contributed by atoms with Crippen LogP contribution in [-0.2, 0) is 4.74 Å². The number of nitrogen functional groups attached to an aromatic ring is 1. The molecule has 0 aliphatic rings. The molecule has 1 amide bonds. The molecule has 1 rings (SSSR count). The molecule has 0 saturated carbocycles. The number of benzene rings is 1. The van der Waals surface area contributed by atoms with Crippen LogP contribution < -0.4 is 16.6 Å². The van der Waals surface area contributed by atoms with Crippen LogP contribution in [0.1, 0.15) is 31.1 Å². The van der Waals surface area contributed by atoms with Gasteiger partial charge in [-0.05, 0) is 32.9 Å². The number of hydrazine groups is 1. The number of hydrogen-bond donors (Lipinski definition) is 3. The van der Waals surface area contributed by atoms with Crippen molar-refractivity contribution in [2.24, 2.45) is 5.84 Å². The number of amides is 1. The summed E-state index contributed by atoms with van der Waals surface area (Å²) in [4.78, 5) is 22.2. The number of anilines is 1. The Bertz CT molecular complexity index is 531. The van der Waals surface area contributed by atoms with Gasteiger partial charge in [0.2, 0.25) is 0 Å². The van der Waals surface area contributed by atoms with Crippen LogP contribution in [0.25, 0.3) is 0 Å². The van der Waals surface area contributed by atoms with E-state index < -0.39 is 10.5 Å². The number of carbonyl (C=O) groups is 1. The molecule has 0 bridgehead atoms. The highest BCUT2D eigenvalue weighted by Gasteiger charge is 2.20. The molecular formula is C13H20N4O4. The van der Waals surface area contributed by atoms with Gasteiger partial charge >= 0.3 is 0 Å². The highest BCUT2D eigenvalue weighted by molar-refractivity contribution is 5.95. The van der Waals surface area contributed by atoms with Gasteiger partial charge in [-0.15, -0.1) is 0 Å². The van der Waals surface area contributed by atoms with E-state index in [1.807, 2.05) is 20.8 Å². The monoisotopic (exact) mass is 296 g/mol. The Morgan fingerprint density at radius 1 is 1.48 bits per heavy atom. The van der Waals surface area contributed by atoms with E-state index >= 15 is 0 Å². The van der Waals surface area contributed by atoms with Crippen LogP contribution in [0.4, 0.5) is 11.4 Å². The van der Waals surface area contributed by atoms with Crippen LogP contribution in [0.5, 0.6) is 0 Å². The smallest absolute Gasteiger partial charge is 0.293 e. The summed E-state index contributed by atoms with van der Waals surface area (Å²) in [7, 11) is 0. The molecule has 116 valence electrons. The van der Waals surface area contributed by atoms with E-state index in [9.17, 15) is 14.9 Å². The molecule has 1 aromatic rings. The summed E-state index contributed by atoms with van der Waals surface area (Å²) in [5.41, 5.74) is 1.90. The summed E-state index contributed by atoms with van der Waals surface area (Å²) in [5, 5.41) is 13.5.